The van der Waals surface area contributed by atoms with E-state index in [9.17, 15) is 10.2 Å². The van der Waals surface area contributed by atoms with Crippen LogP contribution < -0.4 is 5.32 Å². The van der Waals surface area contributed by atoms with E-state index in [0.717, 1.165) is 27.9 Å². The Bertz CT molecular complexity index is 583. The second-order valence-electron chi connectivity index (χ2n) is 4.93. The lowest BCUT2D eigenvalue weighted by atomic mass is 10.1. The fraction of sp³-hybridized carbons (Fsp3) is 0.250. The van der Waals surface area contributed by atoms with Gasteiger partial charge in [0.1, 0.15) is 11.5 Å². The second kappa shape index (κ2) is 5.22. The highest BCUT2D eigenvalue weighted by molar-refractivity contribution is 5.51. The van der Waals surface area contributed by atoms with Crippen LogP contribution in [0.1, 0.15) is 22.3 Å². The predicted molar refractivity (Wildman–Crippen MR) is 77.8 cm³/mol. The molecule has 0 bridgehead atoms. The third-order valence-corrected chi connectivity index (χ3v) is 3.24. The molecule has 0 amide bonds. The van der Waals surface area contributed by atoms with Gasteiger partial charge in [0.15, 0.2) is 0 Å². The summed E-state index contributed by atoms with van der Waals surface area (Å²) in [5.74, 6) is 0.672. The van der Waals surface area contributed by atoms with Gasteiger partial charge in [0.2, 0.25) is 0 Å². The Morgan fingerprint density at radius 3 is 2.11 bits per heavy atom. The SMILES string of the molecule is Cc1cc(NCc2cc(C)c(O)c(C)c2)ccc1O. The van der Waals surface area contributed by atoms with Crippen molar-refractivity contribution in [2.75, 3.05) is 5.32 Å². The molecule has 3 nitrogen and oxygen atoms in total. The predicted octanol–water partition coefficient (Wildman–Crippen LogP) is 3.64. The van der Waals surface area contributed by atoms with Crippen molar-refractivity contribution in [1.29, 1.82) is 0 Å². The van der Waals surface area contributed by atoms with Gasteiger partial charge in [-0.1, -0.05) is 12.1 Å². The summed E-state index contributed by atoms with van der Waals surface area (Å²) in [6.07, 6.45) is 0. The zero-order valence-electron chi connectivity index (χ0n) is 11.5. The lowest BCUT2D eigenvalue weighted by Crippen LogP contribution is -2.00. The van der Waals surface area contributed by atoms with Crippen molar-refractivity contribution in [2.24, 2.45) is 0 Å². The molecule has 0 spiro atoms. The molecule has 2 aromatic carbocycles. The molecule has 3 N–H and O–H groups in total. The lowest BCUT2D eigenvalue weighted by Gasteiger charge is -2.11. The topological polar surface area (TPSA) is 52.5 Å². The van der Waals surface area contributed by atoms with E-state index in [2.05, 4.69) is 5.32 Å². The maximum absolute atomic E-state index is 9.73. The van der Waals surface area contributed by atoms with E-state index in [4.69, 9.17) is 0 Å². The van der Waals surface area contributed by atoms with Gasteiger partial charge >= 0.3 is 0 Å². The number of hydrogen-bond acceptors (Lipinski definition) is 3. The molecule has 19 heavy (non-hydrogen) atoms. The summed E-state index contributed by atoms with van der Waals surface area (Å²) in [7, 11) is 0. The Morgan fingerprint density at radius 2 is 1.53 bits per heavy atom. The van der Waals surface area contributed by atoms with Crippen molar-refractivity contribution < 1.29 is 10.2 Å². The number of benzene rings is 2. The molecule has 2 aromatic rings. The van der Waals surface area contributed by atoms with Crippen LogP contribution in [0, 0.1) is 20.8 Å². The van der Waals surface area contributed by atoms with Crippen molar-refractivity contribution in [2.45, 2.75) is 27.3 Å². The number of hydrogen-bond donors (Lipinski definition) is 3. The summed E-state index contributed by atoms with van der Waals surface area (Å²) in [5.41, 5.74) is 4.72. The number of anilines is 1. The molecule has 0 aliphatic rings. The van der Waals surface area contributed by atoms with Crippen molar-refractivity contribution >= 4 is 5.69 Å². The highest BCUT2D eigenvalue weighted by Crippen LogP contribution is 2.24. The summed E-state index contributed by atoms with van der Waals surface area (Å²) in [6, 6.07) is 9.40. The Kier molecular flexibility index (Phi) is 3.65. The summed E-state index contributed by atoms with van der Waals surface area (Å²) in [5, 5.41) is 22.5. The maximum Gasteiger partial charge on any atom is 0.121 e. The minimum Gasteiger partial charge on any atom is -0.508 e. The Morgan fingerprint density at radius 1 is 0.895 bits per heavy atom. The van der Waals surface area contributed by atoms with Gasteiger partial charge in [0.05, 0.1) is 0 Å². The third-order valence-electron chi connectivity index (χ3n) is 3.24. The van der Waals surface area contributed by atoms with Crippen LogP contribution in [-0.2, 0) is 6.54 Å². The Labute approximate surface area is 113 Å². The summed E-state index contributed by atoms with van der Waals surface area (Å²) < 4.78 is 0. The van der Waals surface area contributed by atoms with Gasteiger partial charge in [-0.3, -0.25) is 0 Å². The van der Waals surface area contributed by atoms with Gasteiger partial charge in [-0.15, -0.1) is 0 Å². The normalized spacial score (nSPS) is 10.5. The summed E-state index contributed by atoms with van der Waals surface area (Å²) >= 11 is 0. The molecule has 0 heterocycles. The first kappa shape index (κ1) is 13.3. The van der Waals surface area contributed by atoms with Crippen LogP contribution in [0.25, 0.3) is 0 Å². The standard InChI is InChI=1S/C16H19NO2/c1-10-8-14(4-5-15(10)18)17-9-13-6-11(2)16(19)12(3)7-13/h4-8,17-19H,9H2,1-3H3. The number of aryl methyl sites for hydroxylation is 3. The zero-order valence-corrected chi connectivity index (χ0v) is 11.5. The van der Waals surface area contributed by atoms with Gasteiger partial charge in [0.25, 0.3) is 0 Å². The van der Waals surface area contributed by atoms with Gasteiger partial charge in [-0.05, 0) is 61.2 Å². The quantitative estimate of drug-likeness (QED) is 0.736. The number of rotatable bonds is 3. The smallest absolute Gasteiger partial charge is 0.121 e. The highest BCUT2D eigenvalue weighted by Gasteiger charge is 2.04. The lowest BCUT2D eigenvalue weighted by molar-refractivity contribution is 0.466. The van der Waals surface area contributed by atoms with Gasteiger partial charge in [0, 0.05) is 12.2 Å². The molecule has 2 rings (SSSR count). The first-order valence-corrected chi connectivity index (χ1v) is 6.30. The second-order valence-corrected chi connectivity index (χ2v) is 4.93. The van der Waals surface area contributed by atoms with Gasteiger partial charge in [-0.2, -0.15) is 0 Å². The minimum absolute atomic E-state index is 0.307. The molecule has 0 saturated heterocycles. The van der Waals surface area contributed by atoms with Crippen LogP contribution in [0.5, 0.6) is 11.5 Å². The van der Waals surface area contributed by atoms with Crippen LogP contribution in [0.3, 0.4) is 0 Å². The molecule has 0 atom stereocenters. The first-order valence-electron chi connectivity index (χ1n) is 6.30. The van der Waals surface area contributed by atoms with E-state index in [1.165, 1.54) is 0 Å². The van der Waals surface area contributed by atoms with E-state index < -0.39 is 0 Å². The van der Waals surface area contributed by atoms with E-state index in [-0.39, 0.29) is 0 Å². The van der Waals surface area contributed by atoms with Crippen LogP contribution >= 0.6 is 0 Å². The van der Waals surface area contributed by atoms with E-state index >= 15 is 0 Å². The zero-order chi connectivity index (χ0) is 14.0. The Hall–Kier alpha value is -2.16. The number of aromatic hydroxyl groups is 2. The third kappa shape index (κ3) is 2.99. The van der Waals surface area contributed by atoms with Crippen molar-refractivity contribution in [3.8, 4) is 11.5 Å². The molecular weight excluding hydrogens is 238 g/mol. The first-order chi connectivity index (χ1) is 8.97. The average Bonchev–Trinajstić information content (AvgIpc) is 2.37. The number of phenols is 2. The molecular formula is C16H19NO2. The fourth-order valence-electron chi connectivity index (χ4n) is 2.12. The molecule has 0 unspecified atom stereocenters. The molecule has 0 aliphatic carbocycles. The van der Waals surface area contributed by atoms with Crippen LogP contribution in [0.4, 0.5) is 5.69 Å². The van der Waals surface area contributed by atoms with Crippen molar-refractivity contribution in [1.82, 2.24) is 0 Å². The maximum atomic E-state index is 9.73. The molecule has 3 heteroatoms. The van der Waals surface area contributed by atoms with Crippen LogP contribution in [-0.4, -0.2) is 10.2 Å². The minimum atomic E-state index is 0.307. The average molecular weight is 257 g/mol. The molecule has 0 radical (unpaired) electrons. The van der Waals surface area contributed by atoms with Crippen molar-refractivity contribution in [3.05, 3.63) is 52.6 Å². The number of phenolic OH excluding ortho intramolecular Hbond substituents is 2. The molecule has 0 aromatic heterocycles. The number of nitrogens with one attached hydrogen (secondary N) is 1. The van der Waals surface area contributed by atoms with Crippen molar-refractivity contribution in [3.63, 3.8) is 0 Å². The summed E-state index contributed by atoms with van der Waals surface area (Å²) in [4.78, 5) is 0. The molecule has 0 aliphatic heterocycles. The fourth-order valence-corrected chi connectivity index (χ4v) is 2.12. The van der Waals surface area contributed by atoms with E-state index in [1.54, 1.807) is 6.07 Å². The molecule has 0 fully saturated rings. The van der Waals surface area contributed by atoms with Crippen LogP contribution in [0.2, 0.25) is 0 Å². The van der Waals surface area contributed by atoms with E-state index in [0.29, 0.717) is 18.0 Å². The van der Waals surface area contributed by atoms with Crippen LogP contribution in [0.15, 0.2) is 30.3 Å². The van der Waals surface area contributed by atoms with Gasteiger partial charge < -0.3 is 15.5 Å². The van der Waals surface area contributed by atoms with E-state index in [1.807, 2.05) is 45.0 Å². The monoisotopic (exact) mass is 257 g/mol. The largest absolute Gasteiger partial charge is 0.508 e. The van der Waals surface area contributed by atoms with Gasteiger partial charge in [-0.25, -0.2) is 0 Å². The highest BCUT2D eigenvalue weighted by atomic mass is 16.3. The Balaban J connectivity index is 2.12. The molecule has 0 saturated carbocycles. The summed E-state index contributed by atoms with van der Waals surface area (Å²) in [6.45, 7) is 6.36. The molecule has 100 valence electrons.